The predicted molar refractivity (Wildman–Crippen MR) is 184 cm³/mol. The molecule has 1 amide bonds. The number of aliphatic hydroxyl groups is 1. The van der Waals surface area contributed by atoms with Gasteiger partial charge in [0.15, 0.2) is 0 Å². The average Bonchev–Trinajstić information content (AvgIpc) is 3.01. The standard InChI is InChI=1S/C35H59N2O6P/c1-3-5-7-9-11-13-15-16-17-18-19-21-23-25-27-29-35(39)37-33(32-43-44(40,41)42-31-30-36)34(38)28-26-24-22-20-14-12-10-8-6-4-2/h5-8,11,13-14,16-17,19-21,26,28,33-34,38H,3-4,9-10,12,15,18,22-25,27,29-32,36H2,1-2H3,(H,37,39)(H,40,41)/b7-5-,8-6+,13-11-,17-16-,20-14+,21-19-,28-26+. The van der Waals surface area contributed by atoms with E-state index in [2.05, 4.69) is 92.1 Å². The largest absolute Gasteiger partial charge is 0.472 e. The molecule has 0 aliphatic heterocycles. The van der Waals surface area contributed by atoms with E-state index >= 15 is 0 Å². The van der Waals surface area contributed by atoms with Crippen LogP contribution in [0.5, 0.6) is 0 Å². The number of carbonyl (C=O) groups excluding carboxylic acids is 1. The van der Waals surface area contributed by atoms with Crippen molar-refractivity contribution in [3.05, 3.63) is 85.1 Å². The smallest absolute Gasteiger partial charge is 0.387 e. The van der Waals surface area contributed by atoms with Crippen LogP contribution in [0.4, 0.5) is 0 Å². The fourth-order valence-corrected chi connectivity index (χ4v) is 4.56. The SMILES string of the molecule is CC/C=C\C/C=C\C/C=C\C/C=C\CCCCC(=O)NC(COP(=O)(O)OCCN)C(O)/C=C/CC/C=C/CC/C=C/CC. The molecule has 250 valence electrons. The van der Waals surface area contributed by atoms with Gasteiger partial charge in [0, 0.05) is 13.0 Å². The van der Waals surface area contributed by atoms with Gasteiger partial charge in [0.1, 0.15) is 0 Å². The maximum absolute atomic E-state index is 12.6. The number of hydrogen-bond acceptors (Lipinski definition) is 6. The minimum atomic E-state index is -4.35. The zero-order chi connectivity index (χ0) is 32.6. The van der Waals surface area contributed by atoms with Crippen molar-refractivity contribution in [2.75, 3.05) is 19.8 Å². The second-order valence-corrected chi connectivity index (χ2v) is 11.7. The fourth-order valence-electron chi connectivity index (χ4n) is 3.80. The van der Waals surface area contributed by atoms with Gasteiger partial charge >= 0.3 is 7.82 Å². The summed E-state index contributed by atoms with van der Waals surface area (Å²) in [6.45, 7) is 3.77. The lowest BCUT2D eigenvalue weighted by molar-refractivity contribution is -0.123. The van der Waals surface area contributed by atoms with Crippen LogP contribution in [0.2, 0.25) is 0 Å². The van der Waals surface area contributed by atoms with Crippen molar-refractivity contribution in [2.24, 2.45) is 5.73 Å². The summed E-state index contributed by atoms with van der Waals surface area (Å²) < 4.78 is 21.9. The predicted octanol–water partition coefficient (Wildman–Crippen LogP) is 7.93. The van der Waals surface area contributed by atoms with Gasteiger partial charge < -0.3 is 21.1 Å². The van der Waals surface area contributed by atoms with Crippen LogP contribution in [0.1, 0.15) is 97.3 Å². The molecule has 5 N–H and O–H groups in total. The summed E-state index contributed by atoms with van der Waals surface area (Å²) in [6.07, 6.45) is 39.3. The summed E-state index contributed by atoms with van der Waals surface area (Å²) in [4.78, 5) is 22.4. The highest BCUT2D eigenvalue weighted by atomic mass is 31.2. The normalized spacial score (nSPS) is 15.7. The number of hydrogen-bond donors (Lipinski definition) is 4. The van der Waals surface area contributed by atoms with Crippen LogP contribution in [0.25, 0.3) is 0 Å². The van der Waals surface area contributed by atoms with Crippen molar-refractivity contribution in [2.45, 2.75) is 109 Å². The highest BCUT2D eigenvalue weighted by Gasteiger charge is 2.26. The molecule has 0 saturated heterocycles. The lowest BCUT2D eigenvalue weighted by Crippen LogP contribution is -2.45. The maximum atomic E-state index is 12.6. The van der Waals surface area contributed by atoms with Gasteiger partial charge in [0.2, 0.25) is 5.91 Å². The summed E-state index contributed by atoms with van der Waals surface area (Å²) >= 11 is 0. The van der Waals surface area contributed by atoms with Crippen LogP contribution in [0.15, 0.2) is 85.1 Å². The minimum Gasteiger partial charge on any atom is -0.387 e. The number of phosphoric ester groups is 1. The molecule has 9 heteroatoms. The Hall–Kier alpha value is -2.32. The molecule has 0 saturated carbocycles. The first-order valence-corrected chi connectivity index (χ1v) is 17.7. The molecule has 3 atom stereocenters. The lowest BCUT2D eigenvalue weighted by atomic mass is 10.1. The van der Waals surface area contributed by atoms with Crippen molar-refractivity contribution in [1.29, 1.82) is 0 Å². The molecular formula is C35H59N2O6P. The van der Waals surface area contributed by atoms with E-state index in [9.17, 15) is 19.4 Å². The summed E-state index contributed by atoms with van der Waals surface area (Å²) in [5.74, 6) is -0.257. The Balaban J connectivity index is 4.56. The van der Waals surface area contributed by atoms with Gasteiger partial charge in [-0.1, -0.05) is 98.9 Å². The Kier molecular flexibility index (Phi) is 29.1. The zero-order valence-electron chi connectivity index (χ0n) is 27.1. The zero-order valence-corrected chi connectivity index (χ0v) is 28.0. The molecule has 8 nitrogen and oxygen atoms in total. The van der Waals surface area contributed by atoms with Crippen molar-refractivity contribution in [1.82, 2.24) is 5.32 Å². The van der Waals surface area contributed by atoms with E-state index in [0.29, 0.717) is 6.42 Å². The Morgan fingerprint density at radius 3 is 1.84 bits per heavy atom. The van der Waals surface area contributed by atoms with E-state index in [1.807, 2.05) is 6.08 Å². The molecule has 0 aliphatic carbocycles. The molecular weight excluding hydrogens is 575 g/mol. The van der Waals surface area contributed by atoms with Crippen molar-refractivity contribution >= 4 is 13.7 Å². The summed E-state index contributed by atoms with van der Waals surface area (Å²) in [6, 6.07) is -0.907. The lowest BCUT2D eigenvalue weighted by Gasteiger charge is -2.23. The summed E-state index contributed by atoms with van der Waals surface area (Å²) in [5, 5.41) is 13.4. The minimum absolute atomic E-state index is 0.0598. The number of aliphatic hydroxyl groups excluding tert-OH is 1. The number of rotatable bonds is 28. The van der Waals surface area contributed by atoms with E-state index in [1.54, 1.807) is 6.08 Å². The number of carbonyl (C=O) groups is 1. The number of allylic oxidation sites excluding steroid dienone is 13. The van der Waals surface area contributed by atoms with Gasteiger partial charge in [-0.3, -0.25) is 13.8 Å². The number of amides is 1. The maximum Gasteiger partial charge on any atom is 0.472 e. The summed E-state index contributed by atoms with van der Waals surface area (Å²) in [7, 11) is -4.35. The van der Waals surface area contributed by atoms with Gasteiger partial charge in [-0.05, 0) is 77.0 Å². The van der Waals surface area contributed by atoms with Gasteiger partial charge in [0.05, 0.1) is 25.4 Å². The molecule has 0 aromatic carbocycles. The molecule has 0 spiro atoms. The summed E-state index contributed by atoms with van der Waals surface area (Å²) in [5.41, 5.74) is 5.32. The molecule has 0 bridgehead atoms. The molecule has 0 heterocycles. The van der Waals surface area contributed by atoms with E-state index in [-0.39, 0.29) is 32.1 Å². The monoisotopic (exact) mass is 634 g/mol. The fraction of sp³-hybridized carbons (Fsp3) is 0.571. The van der Waals surface area contributed by atoms with E-state index < -0.39 is 20.0 Å². The Bertz CT molecular complexity index is 955. The van der Waals surface area contributed by atoms with Gasteiger partial charge in [0.25, 0.3) is 0 Å². The first kappa shape index (κ1) is 41.7. The number of phosphoric acid groups is 1. The van der Waals surface area contributed by atoms with Crippen molar-refractivity contribution in [3.63, 3.8) is 0 Å². The van der Waals surface area contributed by atoms with Crippen molar-refractivity contribution in [3.8, 4) is 0 Å². The topological polar surface area (TPSA) is 131 Å². The quantitative estimate of drug-likeness (QED) is 0.0390. The number of unbranched alkanes of at least 4 members (excludes halogenated alkanes) is 4. The molecule has 0 aliphatic rings. The molecule has 0 radical (unpaired) electrons. The molecule has 0 fully saturated rings. The van der Waals surface area contributed by atoms with E-state index in [0.717, 1.165) is 70.6 Å². The third kappa shape index (κ3) is 28.5. The number of nitrogens with one attached hydrogen (secondary N) is 1. The highest BCUT2D eigenvalue weighted by Crippen LogP contribution is 2.43. The highest BCUT2D eigenvalue weighted by molar-refractivity contribution is 7.47. The molecule has 0 rings (SSSR count). The van der Waals surface area contributed by atoms with E-state index in [4.69, 9.17) is 14.8 Å². The van der Waals surface area contributed by atoms with Crippen LogP contribution < -0.4 is 11.1 Å². The second kappa shape index (κ2) is 30.7. The van der Waals surface area contributed by atoms with Crippen molar-refractivity contribution < 1.29 is 28.4 Å². The molecule has 3 unspecified atom stereocenters. The first-order chi connectivity index (χ1) is 21.4. The number of nitrogens with two attached hydrogens (primary N) is 1. The Morgan fingerprint density at radius 2 is 1.25 bits per heavy atom. The van der Waals surface area contributed by atoms with Crippen LogP contribution in [0, 0.1) is 0 Å². The second-order valence-electron chi connectivity index (χ2n) is 10.2. The molecule has 0 aromatic heterocycles. The Labute approximate surface area is 267 Å². The average molecular weight is 635 g/mol. The van der Waals surface area contributed by atoms with E-state index in [1.165, 1.54) is 0 Å². The Morgan fingerprint density at radius 1 is 0.750 bits per heavy atom. The van der Waals surface area contributed by atoms with Gasteiger partial charge in [-0.15, -0.1) is 0 Å². The third-order valence-corrected chi connectivity index (χ3v) is 7.18. The molecule has 0 aromatic rings. The van der Waals surface area contributed by atoms with Gasteiger partial charge in [-0.25, -0.2) is 4.57 Å². The molecule has 44 heavy (non-hydrogen) atoms. The van der Waals surface area contributed by atoms with Crippen LogP contribution in [-0.4, -0.2) is 47.8 Å². The third-order valence-electron chi connectivity index (χ3n) is 6.19. The first-order valence-electron chi connectivity index (χ1n) is 16.2. The van der Waals surface area contributed by atoms with Crippen LogP contribution in [-0.2, 0) is 18.4 Å². The van der Waals surface area contributed by atoms with Gasteiger partial charge in [-0.2, -0.15) is 0 Å². The van der Waals surface area contributed by atoms with Crippen LogP contribution in [0.3, 0.4) is 0 Å². The van der Waals surface area contributed by atoms with Crippen LogP contribution >= 0.6 is 7.82 Å².